The third-order valence-corrected chi connectivity index (χ3v) is 3.28. The van der Waals surface area contributed by atoms with E-state index in [0.29, 0.717) is 19.5 Å². The number of benzene rings is 1. The number of rotatable bonds is 2. The van der Waals surface area contributed by atoms with Crippen molar-refractivity contribution in [2.24, 2.45) is 0 Å². The number of anilines is 1. The van der Waals surface area contributed by atoms with Gasteiger partial charge in [-0.3, -0.25) is 4.79 Å². The highest BCUT2D eigenvalue weighted by molar-refractivity contribution is 5.98. The summed E-state index contributed by atoms with van der Waals surface area (Å²) < 4.78 is 4.52. The summed E-state index contributed by atoms with van der Waals surface area (Å²) in [5, 5.41) is 12.5. The van der Waals surface area contributed by atoms with Gasteiger partial charge in [-0.2, -0.15) is 0 Å². The van der Waals surface area contributed by atoms with Crippen LogP contribution in [-0.2, 0) is 4.74 Å². The molecule has 1 atom stereocenters. The zero-order valence-electron chi connectivity index (χ0n) is 11.1. The van der Waals surface area contributed by atoms with E-state index in [0.717, 1.165) is 0 Å². The molecule has 7 heteroatoms. The maximum absolute atomic E-state index is 12.3. The standard InChI is InChI=1S/C13H17N3O4/c1-20-13(19)15-8-5-6-16(7-8)12(18)9-3-2-4-10(14)11(9)17/h2-4,8,17H,5-7,14H2,1H3,(H,15,19). The van der Waals surface area contributed by atoms with Crippen molar-refractivity contribution in [1.29, 1.82) is 0 Å². The maximum Gasteiger partial charge on any atom is 0.407 e. The monoisotopic (exact) mass is 279 g/mol. The molecular weight excluding hydrogens is 262 g/mol. The van der Waals surface area contributed by atoms with E-state index in [9.17, 15) is 14.7 Å². The molecular formula is C13H17N3O4. The number of aromatic hydroxyl groups is 1. The number of likely N-dealkylation sites (tertiary alicyclic amines) is 1. The van der Waals surface area contributed by atoms with Gasteiger partial charge in [0.1, 0.15) is 0 Å². The SMILES string of the molecule is COC(=O)NC1CCN(C(=O)c2cccc(N)c2O)C1. The Morgan fingerprint density at radius 2 is 2.25 bits per heavy atom. The number of para-hydroxylation sites is 1. The van der Waals surface area contributed by atoms with E-state index in [1.165, 1.54) is 19.2 Å². The minimum atomic E-state index is -0.517. The van der Waals surface area contributed by atoms with Gasteiger partial charge in [0.05, 0.1) is 24.4 Å². The second-order valence-corrected chi connectivity index (χ2v) is 4.62. The Bertz CT molecular complexity index is 532. The third kappa shape index (κ3) is 2.76. The molecule has 2 amide bonds. The van der Waals surface area contributed by atoms with E-state index in [1.54, 1.807) is 11.0 Å². The molecule has 4 N–H and O–H groups in total. The van der Waals surface area contributed by atoms with E-state index < -0.39 is 6.09 Å². The lowest BCUT2D eigenvalue weighted by Crippen LogP contribution is -2.38. The van der Waals surface area contributed by atoms with Crippen molar-refractivity contribution in [3.05, 3.63) is 23.8 Å². The molecule has 0 aliphatic carbocycles. The van der Waals surface area contributed by atoms with Gasteiger partial charge in [0.15, 0.2) is 5.75 Å². The topological polar surface area (TPSA) is 105 Å². The normalized spacial score (nSPS) is 17.9. The lowest BCUT2D eigenvalue weighted by molar-refractivity contribution is 0.0785. The number of carbonyl (C=O) groups is 2. The van der Waals surface area contributed by atoms with E-state index in [2.05, 4.69) is 10.1 Å². The predicted octanol–water partition coefficient (Wildman–Crippen LogP) is 0.545. The quantitative estimate of drug-likeness (QED) is 0.541. The fraction of sp³-hybridized carbons (Fsp3) is 0.385. The molecule has 0 aromatic heterocycles. The highest BCUT2D eigenvalue weighted by Crippen LogP contribution is 2.26. The molecule has 0 bridgehead atoms. The van der Waals surface area contributed by atoms with E-state index >= 15 is 0 Å². The molecule has 0 radical (unpaired) electrons. The second-order valence-electron chi connectivity index (χ2n) is 4.62. The Hall–Kier alpha value is -2.44. The summed E-state index contributed by atoms with van der Waals surface area (Å²) >= 11 is 0. The number of phenols is 1. The van der Waals surface area contributed by atoms with Crippen LogP contribution in [0.4, 0.5) is 10.5 Å². The number of nitrogen functional groups attached to an aromatic ring is 1. The van der Waals surface area contributed by atoms with Crippen molar-refractivity contribution in [2.45, 2.75) is 12.5 Å². The van der Waals surface area contributed by atoms with Gasteiger partial charge in [-0.05, 0) is 18.6 Å². The molecule has 1 heterocycles. The van der Waals surface area contributed by atoms with Gasteiger partial charge < -0.3 is 25.8 Å². The van der Waals surface area contributed by atoms with E-state index in [1.807, 2.05) is 0 Å². The van der Waals surface area contributed by atoms with Crippen molar-refractivity contribution in [3.63, 3.8) is 0 Å². The van der Waals surface area contributed by atoms with Gasteiger partial charge in [0, 0.05) is 13.1 Å². The minimum absolute atomic E-state index is 0.144. The lowest BCUT2D eigenvalue weighted by atomic mass is 10.1. The number of hydrogen-bond acceptors (Lipinski definition) is 5. The number of alkyl carbamates (subject to hydrolysis) is 1. The molecule has 0 saturated carbocycles. The Labute approximate surface area is 116 Å². The molecule has 2 rings (SSSR count). The fourth-order valence-corrected chi connectivity index (χ4v) is 2.19. The second kappa shape index (κ2) is 5.68. The number of ether oxygens (including phenoxy) is 1. The summed E-state index contributed by atoms with van der Waals surface area (Å²) in [6.45, 7) is 0.879. The molecule has 1 aliphatic heterocycles. The molecule has 7 nitrogen and oxygen atoms in total. The van der Waals surface area contributed by atoms with Crippen molar-refractivity contribution in [3.8, 4) is 5.75 Å². The average Bonchev–Trinajstić information content (AvgIpc) is 2.89. The first-order valence-electron chi connectivity index (χ1n) is 6.24. The molecule has 1 saturated heterocycles. The van der Waals surface area contributed by atoms with Crippen LogP contribution >= 0.6 is 0 Å². The summed E-state index contributed by atoms with van der Waals surface area (Å²) in [6.07, 6.45) is 0.125. The molecule has 1 fully saturated rings. The van der Waals surface area contributed by atoms with Crippen LogP contribution in [0.1, 0.15) is 16.8 Å². The smallest absolute Gasteiger partial charge is 0.407 e. The Kier molecular flexibility index (Phi) is 3.97. The first-order valence-corrected chi connectivity index (χ1v) is 6.24. The lowest BCUT2D eigenvalue weighted by Gasteiger charge is -2.18. The number of methoxy groups -OCH3 is 1. The first kappa shape index (κ1) is 14.0. The van der Waals surface area contributed by atoms with Crippen molar-refractivity contribution >= 4 is 17.7 Å². The Balaban J connectivity index is 2.04. The van der Waals surface area contributed by atoms with Crippen molar-refractivity contribution in [1.82, 2.24) is 10.2 Å². The van der Waals surface area contributed by atoms with Crippen LogP contribution in [0.5, 0.6) is 5.75 Å². The summed E-state index contributed by atoms with van der Waals surface area (Å²) in [6, 6.07) is 4.52. The zero-order chi connectivity index (χ0) is 14.7. The number of nitrogens with zero attached hydrogens (tertiary/aromatic N) is 1. The molecule has 1 aliphatic rings. The van der Waals surface area contributed by atoms with Crippen molar-refractivity contribution in [2.75, 3.05) is 25.9 Å². The van der Waals surface area contributed by atoms with Crippen LogP contribution in [0.3, 0.4) is 0 Å². The molecule has 1 aromatic carbocycles. The third-order valence-electron chi connectivity index (χ3n) is 3.28. The number of nitrogens with one attached hydrogen (secondary N) is 1. The van der Waals surface area contributed by atoms with Gasteiger partial charge in [0.25, 0.3) is 5.91 Å². The average molecular weight is 279 g/mol. The Morgan fingerprint density at radius 3 is 2.95 bits per heavy atom. The number of phenolic OH excluding ortho intramolecular Hbond substituents is 1. The molecule has 1 aromatic rings. The molecule has 0 spiro atoms. The number of nitrogens with two attached hydrogens (primary N) is 1. The van der Waals surface area contributed by atoms with E-state index in [-0.39, 0.29) is 28.9 Å². The largest absolute Gasteiger partial charge is 0.505 e. The highest BCUT2D eigenvalue weighted by atomic mass is 16.5. The van der Waals surface area contributed by atoms with Gasteiger partial charge in [-0.1, -0.05) is 6.07 Å². The van der Waals surface area contributed by atoms with Crippen LogP contribution in [0.2, 0.25) is 0 Å². The number of carbonyl (C=O) groups excluding carboxylic acids is 2. The fourth-order valence-electron chi connectivity index (χ4n) is 2.19. The summed E-state index contributed by atoms with van der Waals surface area (Å²) in [5.74, 6) is -0.508. The number of hydrogen-bond donors (Lipinski definition) is 3. The highest BCUT2D eigenvalue weighted by Gasteiger charge is 2.29. The van der Waals surface area contributed by atoms with Crippen LogP contribution < -0.4 is 11.1 Å². The van der Waals surface area contributed by atoms with Crippen LogP contribution in [-0.4, -0.2) is 48.2 Å². The molecule has 20 heavy (non-hydrogen) atoms. The van der Waals surface area contributed by atoms with Crippen LogP contribution in [0.25, 0.3) is 0 Å². The van der Waals surface area contributed by atoms with Gasteiger partial charge in [-0.25, -0.2) is 4.79 Å². The summed E-state index contributed by atoms with van der Waals surface area (Å²) in [7, 11) is 1.29. The zero-order valence-corrected chi connectivity index (χ0v) is 11.1. The number of amides is 2. The minimum Gasteiger partial charge on any atom is -0.505 e. The molecule has 108 valence electrons. The van der Waals surface area contributed by atoms with Gasteiger partial charge in [-0.15, -0.1) is 0 Å². The van der Waals surface area contributed by atoms with Gasteiger partial charge >= 0.3 is 6.09 Å². The predicted molar refractivity (Wildman–Crippen MR) is 72.4 cm³/mol. The Morgan fingerprint density at radius 1 is 1.50 bits per heavy atom. The van der Waals surface area contributed by atoms with Crippen LogP contribution in [0.15, 0.2) is 18.2 Å². The van der Waals surface area contributed by atoms with Crippen LogP contribution in [0, 0.1) is 0 Å². The maximum atomic E-state index is 12.3. The molecule has 1 unspecified atom stereocenters. The van der Waals surface area contributed by atoms with E-state index in [4.69, 9.17) is 5.73 Å². The van der Waals surface area contributed by atoms with Crippen molar-refractivity contribution < 1.29 is 19.4 Å². The summed E-state index contributed by atoms with van der Waals surface area (Å²) in [4.78, 5) is 25.0. The first-order chi connectivity index (χ1) is 9.52. The van der Waals surface area contributed by atoms with Gasteiger partial charge in [0.2, 0.25) is 0 Å². The summed E-state index contributed by atoms with van der Waals surface area (Å²) in [5.41, 5.74) is 5.91.